The van der Waals surface area contributed by atoms with E-state index in [0.29, 0.717) is 23.8 Å². The summed E-state index contributed by atoms with van der Waals surface area (Å²) < 4.78 is 58.1. The Morgan fingerprint density at radius 1 is 1.13 bits per heavy atom. The van der Waals surface area contributed by atoms with Gasteiger partial charge in [-0.05, 0) is 36.3 Å². The number of piperazine rings is 1. The smallest absolute Gasteiger partial charge is 0.263 e. The first-order valence-electron chi connectivity index (χ1n) is 9.54. The second-order valence-electron chi connectivity index (χ2n) is 7.41. The molecule has 1 aromatic rings. The lowest BCUT2D eigenvalue weighted by Gasteiger charge is -2.39. The van der Waals surface area contributed by atoms with Crippen LogP contribution in [0.15, 0.2) is 52.6 Å². The molecule has 2 heterocycles. The Morgan fingerprint density at radius 2 is 1.81 bits per heavy atom. The van der Waals surface area contributed by atoms with E-state index in [0.717, 1.165) is 36.7 Å². The maximum atomic E-state index is 13.6. The molecule has 1 saturated heterocycles. The highest BCUT2D eigenvalue weighted by atomic mass is 35.5. The highest BCUT2D eigenvalue weighted by Crippen LogP contribution is 2.38. The van der Waals surface area contributed by atoms with Gasteiger partial charge in [0.05, 0.1) is 17.8 Å². The SMILES string of the molecule is NS(=O)(=O)C1(S(=O)(=O)N2CCN(CCc3ccc(Cl)cc3)CC2)C=CC=C2NSN=C21. The Bertz CT molecular complexity index is 1160. The first-order chi connectivity index (χ1) is 14.6. The van der Waals surface area contributed by atoms with E-state index in [1.165, 1.54) is 10.4 Å². The van der Waals surface area contributed by atoms with Crippen LogP contribution in [0.5, 0.6) is 0 Å². The maximum Gasteiger partial charge on any atom is 0.263 e. The largest absolute Gasteiger partial charge is 0.309 e. The van der Waals surface area contributed by atoms with Crippen molar-refractivity contribution in [1.82, 2.24) is 13.9 Å². The topological polar surface area (TPSA) is 125 Å². The molecule has 0 spiro atoms. The molecule has 1 aromatic carbocycles. The van der Waals surface area contributed by atoms with Crippen LogP contribution in [0.2, 0.25) is 5.02 Å². The molecule has 4 rings (SSSR count). The highest BCUT2D eigenvalue weighted by molar-refractivity contribution is 8.10. The molecular weight excluding hydrogens is 482 g/mol. The standard InChI is InChI=1S/C18H22ClN5O4S3/c19-15-5-3-14(4-6-15)7-9-23-10-12-24(13-11-23)31(27,28)18(30(20,25)26)8-1-2-16-17(18)22-29-21-16/h1-6,8,21H,7,9-13H2,(H2,20,25,26). The van der Waals surface area contributed by atoms with E-state index >= 15 is 0 Å². The fourth-order valence-electron chi connectivity index (χ4n) is 3.84. The molecule has 168 valence electrons. The van der Waals surface area contributed by atoms with Crippen molar-refractivity contribution >= 4 is 49.5 Å². The third kappa shape index (κ3) is 4.06. The second-order valence-corrected chi connectivity index (χ2v) is 12.5. The van der Waals surface area contributed by atoms with Crippen molar-refractivity contribution in [3.05, 3.63) is 58.8 Å². The van der Waals surface area contributed by atoms with Gasteiger partial charge in [-0.25, -0.2) is 22.0 Å². The monoisotopic (exact) mass is 503 g/mol. The van der Waals surface area contributed by atoms with E-state index in [1.54, 1.807) is 6.08 Å². The van der Waals surface area contributed by atoms with Gasteiger partial charge in [-0.1, -0.05) is 29.8 Å². The van der Waals surface area contributed by atoms with Crippen molar-refractivity contribution in [1.29, 1.82) is 0 Å². The predicted octanol–water partition coefficient (Wildman–Crippen LogP) is 0.876. The molecule has 13 heteroatoms. The molecule has 1 atom stereocenters. The molecule has 0 radical (unpaired) electrons. The number of hydrogen-bond donors (Lipinski definition) is 2. The summed E-state index contributed by atoms with van der Waals surface area (Å²) in [5.41, 5.74) is 1.36. The van der Waals surface area contributed by atoms with Gasteiger partial charge in [-0.2, -0.15) is 8.70 Å². The second kappa shape index (κ2) is 8.50. The molecule has 1 fully saturated rings. The minimum atomic E-state index is -4.58. The summed E-state index contributed by atoms with van der Waals surface area (Å²) in [6.45, 7) is 2.07. The highest BCUT2D eigenvalue weighted by Gasteiger charge is 2.61. The molecule has 9 nitrogen and oxygen atoms in total. The molecule has 31 heavy (non-hydrogen) atoms. The predicted molar refractivity (Wildman–Crippen MR) is 123 cm³/mol. The fraction of sp³-hybridized carbons (Fsp3) is 0.389. The summed E-state index contributed by atoms with van der Waals surface area (Å²) in [6, 6.07) is 7.61. The van der Waals surface area contributed by atoms with Gasteiger partial charge in [0.15, 0.2) is 0 Å². The normalized spacial score (nSPS) is 25.0. The molecule has 2 aliphatic heterocycles. The maximum absolute atomic E-state index is 13.6. The lowest BCUT2D eigenvalue weighted by atomic mass is 10.1. The quantitative estimate of drug-likeness (QED) is 0.552. The molecule has 0 saturated carbocycles. The number of nitrogens with one attached hydrogen (secondary N) is 1. The summed E-state index contributed by atoms with van der Waals surface area (Å²) >= 11 is 6.79. The Balaban J connectivity index is 1.50. The molecule has 3 N–H and O–H groups in total. The number of sulfonamides is 2. The van der Waals surface area contributed by atoms with Crippen LogP contribution in [0, 0.1) is 0 Å². The molecule has 0 bridgehead atoms. The zero-order valence-corrected chi connectivity index (χ0v) is 19.6. The molecule has 0 amide bonds. The minimum absolute atomic E-state index is 0.104. The van der Waals surface area contributed by atoms with Crippen LogP contribution in [-0.4, -0.2) is 68.6 Å². The Labute approximate surface area is 191 Å². The van der Waals surface area contributed by atoms with E-state index in [9.17, 15) is 16.8 Å². The number of nitrogens with zero attached hydrogens (tertiary/aromatic N) is 3. The van der Waals surface area contributed by atoms with E-state index in [4.69, 9.17) is 16.7 Å². The van der Waals surface area contributed by atoms with Crippen LogP contribution in [0.1, 0.15) is 5.56 Å². The van der Waals surface area contributed by atoms with Crippen molar-refractivity contribution < 1.29 is 16.8 Å². The Kier molecular flexibility index (Phi) is 6.25. The van der Waals surface area contributed by atoms with Crippen LogP contribution in [0.25, 0.3) is 0 Å². The van der Waals surface area contributed by atoms with Crippen molar-refractivity contribution in [3.63, 3.8) is 0 Å². The van der Waals surface area contributed by atoms with Crippen LogP contribution < -0.4 is 9.86 Å². The van der Waals surface area contributed by atoms with E-state index < -0.39 is 24.1 Å². The van der Waals surface area contributed by atoms with E-state index in [1.807, 2.05) is 24.3 Å². The van der Waals surface area contributed by atoms with Crippen molar-refractivity contribution in [3.8, 4) is 0 Å². The van der Waals surface area contributed by atoms with Crippen molar-refractivity contribution in [2.75, 3.05) is 32.7 Å². The zero-order chi connectivity index (χ0) is 22.3. The van der Waals surface area contributed by atoms with Crippen LogP contribution >= 0.6 is 23.7 Å². The van der Waals surface area contributed by atoms with Crippen LogP contribution in [0.4, 0.5) is 0 Å². The summed E-state index contributed by atoms with van der Waals surface area (Å²) in [6.07, 6.45) is 4.88. The van der Waals surface area contributed by atoms with Crippen molar-refractivity contribution in [2.45, 2.75) is 10.5 Å². The molecule has 1 aliphatic carbocycles. The zero-order valence-electron chi connectivity index (χ0n) is 16.4. The lowest BCUT2D eigenvalue weighted by molar-refractivity contribution is 0.190. The lowest BCUT2D eigenvalue weighted by Crippen LogP contribution is -2.62. The first-order valence-corrected chi connectivity index (χ1v) is 13.7. The summed E-state index contributed by atoms with van der Waals surface area (Å²) in [4.78, 5) is 2.15. The molecule has 0 aromatic heterocycles. The Hall–Kier alpha value is -1.41. The first kappa shape index (κ1) is 22.8. The summed E-state index contributed by atoms with van der Waals surface area (Å²) in [7, 11) is -8.96. The van der Waals surface area contributed by atoms with E-state index in [2.05, 4.69) is 14.0 Å². The molecule has 1 unspecified atom stereocenters. The third-order valence-corrected chi connectivity index (χ3v) is 11.0. The van der Waals surface area contributed by atoms with Crippen molar-refractivity contribution in [2.24, 2.45) is 9.54 Å². The van der Waals surface area contributed by atoms with Crippen LogP contribution in [0.3, 0.4) is 0 Å². The number of primary sulfonamides is 1. The van der Waals surface area contributed by atoms with Gasteiger partial charge in [-0.15, -0.1) is 0 Å². The van der Waals surface area contributed by atoms with Gasteiger partial charge < -0.3 is 9.62 Å². The summed E-state index contributed by atoms with van der Waals surface area (Å²) in [5.74, 6) is 0. The van der Waals surface area contributed by atoms with Gasteiger partial charge in [0.1, 0.15) is 5.71 Å². The number of allylic oxidation sites excluding steroid dienone is 3. The fourth-order valence-corrected chi connectivity index (χ4v) is 8.58. The molecule has 3 aliphatic rings. The Morgan fingerprint density at radius 3 is 2.45 bits per heavy atom. The summed E-state index contributed by atoms with van der Waals surface area (Å²) in [5, 5.41) is 6.18. The van der Waals surface area contributed by atoms with Gasteiger partial charge in [0.2, 0.25) is 20.0 Å². The van der Waals surface area contributed by atoms with E-state index in [-0.39, 0.29) is 18.8 Å². The number of fused-ring (bicyclic) bond motifs is 1. The van der Waals surface area contributed by atoms with Crippen LogP contribution in [-0.2, 0) is 26.5 Å². The van der Waals surface area contributed by atoms with Gasteiger partial charge in [0, 0.05) is 37.7 Å². The number of hydrogen-bond acceptors (Lipinski definition) is 8. The number of rotatable bonds is 6. The average molecular weight is 504 g/mol. The number of nitrogens with two attached hydrogens (primary N) is 1. The average Bonchev–Trinajstić information content (AvgIpc) is 3.22. The number of halogens is 1. The minimum Gasteiger partial charge on any atom is -0.309 e. The van der Waals surface area contributed by atoms with Gasteiger partial charge in [0.25, 0.3) is 4.08 Å². The number of benzene rings is 1. The third-order valence-electron chi connectivity index (χ3n) is 5.56. The molecular formula is C18H22ClN5O4S3. The van der Waals surface area contributed by atoms with Gasteiger partial charge >= 0.3 is 0 Å². The van der Waals surface area contributed by atoms with Gasteiger partial charge in [-0.3, -0.25) is 0 Å².